The van der Waals surface area contributed by atoms with E-state index in [-0.39, 0.29) is 0 Å². The van der Waals surface area contributed by atoms with Crippen LogP contribution in [-0.2, 0) is 0 Å². The molecule has 1 aliphatic heterocycles. The molecular weight excluding hydrogens is 138 g/mol. The maximum atomic E-state index is 4.21. The first-order chi connectivity index (χ1) is 5.27. The number of hydrogen-bond donors (Lipinski definition) is 1. The molecule has 1 aromatic heterocycles. The summed E-state index contributed by atoms with van der Waals surface area (Å²) in [6.45, 7) is 4.41. The summed E-state index contributed by atoms with van der Waals surface area (Å²) < 4.78 is 2.18. The molecule has 2 heterocycles. The molecule has 3 nitrogen and oxygen atoms in total. The first-order valence-corrected chi connectivity index (χ1v) is 4.07. The Balaban J connectivity index is 2.36. The molecule has 1 aliphatic rings. The minimum absolute atomic E-state index is 0.555. The molecule has 3 heteroatoms. The van der Waals surface area contributed by atoms with Gasteiger partial charge in [0.1, 0.15) is 0 Å². The van der Waals surface area contributed by atoms with Crippen LogP contribution in [0.1, 0.15) is 26.3 Å². The van der Waals surface area contributed by atoms with Crippen molar-refractivity contribution in [3.63, 3.8) is 0 Å². The van der Waals surface area contributed by atoms with Gasteiger partial charge in [0, 0.05) is 24.5 Å². The van der Waals surface area contributed by atoms with Crippen LogP contribution in [0.3, 0.4) is 0 Å². The average molecular weight is 151 g/mol. The third-order valence-electron chi connectivity index (χ3n) is 2.21. The van der Waals surface area contributed by atoms with Gasteiger partial charge in [-0.15, -0.1) is 0 Å². The number of nitrogens with zero attached hydrogens (tertiary/aromatic N) is 2. The van der Waals surface area contributed by atoms with Gasteiger partial charge in [0.2, 0.25) is 5.95 Å². The lowest BCUT2D eigenvalue weighted by Crippen LogP contribution is -2.28. The lowest BCUT2D eigenvalue weighted by molar-refractivity contribution is 0.449. The summed E-state index contributed by atoms with van der Waals surface area (Å²) in [6.07, 6.45) is 5.05. The van der Waals surface area contributed by atoms with Gasteiger partial charge in [0.15, 0.2) is 0 Å². The van der Waals surface area contributed by atoms with Crippen LogP contribution in [0.25, 0.3) is 0 Å². The summed E-state index contributed by atoms with van der Waals surface area (Å²) in [6, 6.07) is 1.14. The van der Waals surface area contributed by atoms with E-state index in [1.165, 1.54) is 6.42 Å². The molecular formula is C8H13N3. The summed E-state index contributed by atoms with van der Waals surface area (Å²) in [5.41, 5.74) is 0. The monoisotopic (exact) mass is 151 g/mol. The van der Waals surface area contributed by atoms with Crippen molar-refractivity contribution in [3.05, 3.63) is 12.4 Å². The molecule has 0 bridgehead atoms. The lowest BCUT2D eigenvalue weighted by atomic mass is 10.1. The van der Waals surface area contributed by atoms with Crippen molar-refractivity contribution in [2.24, 2.45) is 0 Å². The fourth-order valence-corrected chi connectivity index (χ4v) is 1.69. The summed E-state index contributed by atoms with van der Waals surface area (Å²) in [5, 5.41) is 3.32. The van der Waals surface area contributed by atoms with Gasteiger partial charge in [-0.1, -0.05) is 0 Å². The molecule has 0 amide bonds. The third-order valence-corrected chi connectivity index (χ3v) is 2.21. The van der Waals surface area contributed by atoms with Gasteiger partial charge in [-0.25, -0.2) is 4.98 Å². The van der Waals surface area contributed by atoms with E-state index < -0.39 is 0 Å². The van der Waals surface area contributed by atoms with E-state index >= 15 is 0 Å². The summed E-state index contributed by atoms with van der Waals surface area (Å²) in [7, 11) is 0. The molecule has 0 aliphatic carbocycles. The van der Waals surface area contributed by atoms with Crippen LogP contribution in [0.4, 0.5) is 5.95 Å². The molecule has 0 spiro atoms. The van der Waals surface area contributed by atoms with Gasteiger partial charge < -0.3 is 9.88 Å². The Hall–Kier alpha value is -0.990. The van der Waals surface area contributed by atoms with E-state index in [9.17, 15) is 0 Å². The highest BCUT2D eigenvalue weighted by Gasteiger charge is 2.19. The Morgan fingerprint density at radius 2 is 2.45 bits per heavy atom. The zero-order chi connectivity index (χ0) is 7.84. The SMILES string of the molecule is CC1CC(C)n2ccnc2N1. The normalized spacial score (nSPS) is 29.3. The lowest BCUT2D eigenvalue weighted by Gasteiger charge is -2.27. The quantitative estimate of drug-likeness (QED) is 0.611. The van der Waals surface area contributed by atoms with Gasteiger partial charge in [0.25, 0.3) is 0 Å². The van der Waals surface area contributed by atoms with Gasteiger partial charge in [-0.05, 0) is 20.3 Å². The highest BCUT2D eigenvalue weighted by Crippen LogP contribution is 2.24. The minimum atomic E-state index is 0.555. The van der Waals surface area contributed by atoms with Crippen molar-refractivity contribution < 1.29 is 0 Å². The maximum absolute atomic E-state index is 4.21. The van der Waals surface area contributed by atoms with E-state index in [4.69, 9.17) is 0 Å². The van der Waals surface area contributed by atoms with E-state index in [1.807, 2.05) is 12.4 Å². The predicted molar refractivity (Wildman–Crippen MR) is 44.6 cm³/mol. The molecule has 0 saturated heterocycles. The Bertz CT molecular complexity index is 254. The fraction of sp³-hybridized carbons (Fsp3) is 0.625. The molecule has 0 saturated carbocycles. The molecule has 1 aromatic rings. The zero-order valence-corrected chi connectivity index (χ0v) is 6.91. The molecule has 2 rings (SSSR count). The van der Waals surface area contributed by atoms with Crippen molar-refractivity contribution in [1.29, 1.82) is 0 Å². The maximum Gasteiger partial charge on any atom is 0.203 e. The largest absolute Gasteiger partial charge is 0.353 e. The van der Waals surface area contributed by atoms with Gasteiger partial charge in [-0.2, -0.15) is 0 Å². The van der Waals surface area contributed by atoms with Crippen LogP contribution in [0.15, 0.2) is 12.4 Å². The fourth-order valence-electron chi connectivity index (χ4n) is 1.69. The minimum Gasteiger partial charge on any atom is -0.353 e. The highest BCUT2D eigenvalue weighted by molar-refractivity contribution is 5.30. The average Bonchev–Trinajstić information content (AvgIpc) is 2.34. The zero-order valence-electron chi connectivity index (χ0n) is 6.91. The van der Waals surface area contributed by atoms with Gasteiger partial charge in [-0.3, -0.25) is 0 Å². The number of imidazole rings is 1. The van der Waals surface area contributed by atoms with E-state index in [0.29, 0.717) is 12.1 Å². The number of aromatic nitrogens is 2. The van der Waals surface area contributed by atoms with Gasteiger partial charge in [0.05, 0.1) is 0 Å². The molecule has 11 heavy (non-hydrogen) atoms. The molecule has 0 radical (unpaired) electrons. The van der Waals surface area contributed by atoms with E-state index in [0.717, 1.165) is 5.95 Å². The van der Waals surface area contributed by atoms with Crippen molar-refractivity contribution in [3.8, 4) is 0 Å². The van der Waals surface area contributed by atoms with Crippen LogP contribution in [0.5, 0.6) is 0 Å². The van der Waals surface area contributed by atoms with Crippen LogP contribution in [0.2, 0.25) is 0 Å². The summed E-state index contributed by atoms with van der Waals surface area (Å²) >= 11 is 0. The Kier molecular flexibility index (Phi) is 1.37. The smallest absolute Gasteiger partial charge is 0.203 e. The standard InChI is InChI=1S/C8H13N3/c1-6-5-7(2)11-4-3-9-8(11)10-6/h3-4,6-7H,5H2,1-2H3,(H,9,10). The first-order valence-electron chi connectivity index (χ1n) is 4.07. The van der Waals surface area contributed by atoms with Crippen LogP contribution >= 0.6 is 0 Å². The number of anilines is 1. The molecule has 0 fully saturated rings. The second-order valence-corrected chi connectivity index (χ2v) is 3.29. The van der Waals surface area contributed by atoms with Crippen molar-refractivity contribution in [2.45, 2.75) is 32.4 Å². The number of hydrogen-bond acceptors (Lipinski definition) is 2. The van der Waals surface area contributed by atoms with Crippen LogP contribution in [-0.4, -0.2) is 15.6 Å². The Labute approximate surface area is 66.4 Å². The molecule has 2 atom stereocenters. The second-order valence-electron chi connectivity index (χ2n) is 3.29. The van der Waals surface area contributed by atoms with Crippen molar-refractivity contribution in [2.75, 3.05) is 5.32 Å². The predicted octanol–water partition coefficient (Wildman–Crippen LogP) is 1.65. The highest BCUT2D eigenvalue weighted by atomic mass is 15.2. The topological polar surface area (TPSA) is 29.9 Å². The summed E-state index contributed by atoms with van der Waals surface area (Å²) in [5.74, 6) is 1.01. The van der Waals surface area contributed by atoms with Gasteiger partial charge >= 0.3 is 0 Å². The van der Waals surface area contributed by atoms with Crippen molar-refractivity contribution in [1.82, 2.24) is 9.55 Å². The van der Waals surface area contributed by atoms with E-state index in [1.54, 1.807) is 0 Å². The molecule has 1 N–H and O–H groups in total. The first kappa shape index (κ1) is 6.70. The van der Waals surface area contributed by atoms with Crippen LogP contribution in [0, 0.1) is 0 Å². The Morgan fingerprint density at radius 3 is 3.27 bits per heavy atom. The van der Waals surface area contributed by atoms with Crippen LogP contribution < -0.4 is 5.32 Å². The van der Waals surface area contributed by atoms with E-state index in [2.05, 4.69) is 28.7 Å². The second kappa shape index (κ2) is 2.26. The number of rotatable bonds is 0. The summed E-state index contributed by atoms with van der Waals surface area (Å²) in [4.78, 5) is 4.21. The third kappa shape index (κ3) is 1.00. The molecule has 60 valence electrons. The number of nitrogens with one attached hydrogen (secondary N) is 1. The van der Waals surface area contributed by atoms with Crippen molar-refractivity contribution >= 4 is 5.95 Å². The molecule has 0 aromatic carbocycles. The Morgan fingerprint density at radius 1 is 1.64 bits per heavy atom. The number of fused-ring (bicyclic) bond motifs is 1. The molecule has 2 unspecified atom stereocenters.